The number of hydrogen-bond acceptors (Lipinski definition) is 2. The summed E-state index contributed by atoms with van der Waals surface area (Å²) in [7, 11) is 0. The highest BCUT2D eigenvalue weighted by molar-refractivity contribution is 5.73. The zero-order valence-electron chi connectivity index (χ0n) is 24.5. The molecule has 0 amide bonds. The van der Waals surface area contributed by atoms with Crippen molar-refractivity contribution in [3.05, 3.63) is 0 Å². The molecular weight excluding hydrogens is 418 g/mol. The molecular formula is C31H65NO2. The molecule has 0 aromatic carbocycles. The topological polar surface area (TPSA) is 76.6 Å². The van der Waals surface area contributed by atoms with Gasteiger partial charge in [-0.3, -0.25) is 0 Å². The van der Waals surface area contributed by atoms with Crippen molar-refractivity contribution in [2.24, 2.45) is 17.3 Å². The van der Waals surface area contributed by atoms with Gasteiger partial charge in [0.05, 0.1) is 0 Å². The summed E-state index contributed by atoms with van der Waals surface area (Å²) in [5.74, 6) is -0.458. The third-order valence-electron chi connectivity index (χ3n) is 8.22. The molecule has 0 saturated heterocycles. The number of hydrogen-bond donors (Lipinski definition) is 1. The second-order valence-corrected chi connectivity index (χ2v) is 11.3. The molecule has 2 atom stereocenters. The van der Waals surface area contributed by atoms with Gasteiger partial charge in [-0.15, -0.1) is 0 Å². The van der Waals surface area contributed by atoms with Crippen LogP contribution in [0.5, 0.6) is 0 Å². The largest absolute Gasteiger partial charge is 0.550 e. The van der Waals surface area contributed by atoms with Gasteiger partial charge in [0.2, 0.25) is 0 Å². The van der Waals surface area contributed by atoms with E-state index in [1.54, 1.807) is 0 Å². The second-order valence-electron chi connectivity index (χ2n) is 11.3. The van der Waals surface area contributed by atoms with Gasteiger partial charge in [0.1, 0.15) is 0 Å². The summed E-state index contributed by atoms with van der Waals surface area (Å²) in [4.78, 5) is 12.3. The lowest BCUT2D eigenvalue weighted by Gasteiger charge is -2.44. The fraction of sp³-hybridized carbons (Fsp3) is 0.968. The Balaban J connectivity index is 0. The predicted molar refractivity (Wildman–Crippen MR) is 150 cm³/mol. The average molecular weight is 484 g/mol. The first-order valence-electron chi connectivity index (χ1n) is 15.1. The number of carbonyl (C=O) groups excluding carboxylic acids is 1. The molecule has 0 bridgehead atoms. The number of quaternary nitrogens is 1. The minimum Gasteiger partial charge on any atom is -0.550 e. The van der Waals surface area contributed by atoms with Crippen molar-refractivity contribution in [2.45, 2.75) is 176 Å². The molecule has 34 heavy (non-hydrogen) atoms. The van der Waals surface area contributed by atoms with Gasteiger partial charge in [-0.25, -0.2) is 0 Å². The van der Waals surface area contributed by atoms with Gasteiger partial charge in [0.25, 0.3) is 0 Å². The molecule has 0 aromatic heterocycles. The first-order chi connectivity index (χ1) is 15.9. The zero-order chi connectivity index (χ0) is 24.8. The van der Waals surface area contributed by atoms with E-state index in [1.165, 1.54) is 109 Å². The van der Waals surface area contributed by atoms with Crippen LogP contribution in [0.25, 0.3) is 0 Å². The monoisotopic (exact) mass is 484 g/mol. The maximum atomic E-state index is 12.3. The van der Waals surface area contributed by atoms with Crippen LogP contribution in [-0.4, -0.2) is 5.97 Å². The fourth-order valence-corrected chi connectivity index (χ4v) is 5.74. The van der Waals surface area contributed by atoms with E-state index in [0.29, 0.717) is 0 Å². The molecule has 0 rings (SSSR count). The third kappa shape index (κ3) is 16.2. The van der Waals surface area contributed by atoms with E-state index < -0.39 is 11.4 Å². The van der Waals surface area contributed by atoms with E-state index in [-0.39, 0.29) is 18.0 Å². The highest BCUT2D eigenvalue weighted by Crippen LogP contribution is 2.43. The van der Waals surface area contributed by atoms with Gasteiger partial charge >= 0.3 is 0 Å². The van der Waals surface area contributed by atoms with Crippen LogP contribution in [-0.2, 0) is 4.79 Å². The lowest BCUT2D eigenvalue weighted by Crippen LogP contribution is -2.50. The minimum absolute atomic E-state index is 0. The standard InChI is InChI=1S/C31H62O2.H3N/c1-6-8-10-12-14-15-16-17-18-19-20-22-24-26-29(5)31(28(3)4,30(32)33)27-25-23-21-13-11-9-7-2;/h28-29H,6-27H2,1-5H3,(H,32,33);1H3. The minimum atomic E-state index is -0.800. The molecule has 0 fully saturated rings. The van der Waals surface area contributed by atoms with E-state index >= 15 is 0 Å². The van der Waals surface area contributed by atoms with Gasteiger partial charge in [-0.1, -0.05) is 163 Å². The number of rotatable bonds is 25. The molecule has 0 aliphatic heterocycles. The van der Waals surface area contributed by atoms with Gasteiger partial charge in [0.15, 0.2) is 0 Å². The molecule has 3 heteroatoms. The number of carboxylic acids is 1. The summed E-state index contributed by atoms with van der Waals surface area (Å²) in [6.45, 7) is 10.9. The summed E-state index contributed by atoms with van der Waals surface area (Å²) in [5.41, 5.74) is -0.652. The Bertz CT molecular complexity index is 437. The number of unbranched alkanes of at least 4 members (excludes halogenated alkanes) is 18. The SMILES string of the molecule is CCCCCCCCCCCCCCCC(C)C(CCCCCCCCC)(C(=O)[O-])C(C)C.[NH4+]. The second kappa shape index (κ2) is 24.1. The molecule has 0 aromatic rings. The Hall–Kier alpha value is -0.570. The lowest BCUT2D eigenvalue weighted by atomic mass is 9.64. The quantitative estimate of drug-likeness (QED) is 0.131. The number of aliphatic carboxylic acids is 1. The zero-order valence-corrected chi connectivity index (χ0v) is 24.5. The average Bonchev–Trinajstić information content (AvgIpc) is 2.78. The van der Waals surface area contributed by atoms with Gasteiger partial charge < -0.3 is 16.1 Å². The third-order valence-corrected chi connectivity index (χ3v) is 8.22. The van der Waals surface area contributed by atoms with E-state index in [9.17, 15) is 9.90 Å². The van der Waals surface area contributed by atoms with E-state index in [0.717, 1.165) is 32.1 Å². The lowest BCUT2D eigenvalue weighted by molar-refractivity contribution is -0.325. The van der Waals surface area contributed by atoms with Crippen LogP contribution in [0.4, 0.5) is 0 Å². The molecule has 0 heterocycles. The highest BCUT2D eigenvalue weighted by atomic mass is 16.4. The van der Waals surface area contributed by atoms with Crippen molar-refractivity contribution >= 4 is 5.97 Å². The first kappa shape index (κ1) is 35.6. The Morgan fingerprint density at radius 3 is 1.24 bits per heavy atom. The van der Waals surface area contributed by atoms with Crippen LogP contribution >= 0.6 is 0 Å². The smallest absolute Gasteiger partial charge is 0.0481 e. The van der Waals surface area contributed by atoms with Crippen molar-refractivity contribution in [1.82, 2.24) is 6.15 Å². The molecule has 3 nitrogen and oxygen atoms in total. The van der Waals surface area contributed by atoms with E-state index in [4.69, 9.17) is 0 Å². The van der Waals surface area contributed by atoms with Crippen molar-refractivity contribution in [3.8, 4) is 0 Å². The molecule has 2 unspecified atom stereocenters. The van der Waals surface area contributed by atoms with Crippen LogP contribution in [0, 0.1) is 17.3 Å². The highest BCUT2D eigenvalue weighted by Gasteiger charge is 2.39. The molecule has 206 valence electrons. The van der Waals surface area contributed by atoms with E-state index in [2.05, 4.69) is 34.6 Å². The van der Waals surface area contributed by atoms with Crippen LogP contribution in [0.3, 0.4) is 0 Å². The Kier molecular flexibility index (Phi) is 25.3. The maximum absolute atomic E-state index is 12.3. The summed E-state index contributed by atoms with van der Waals surface area (Å²) >= 11 is 0. The summed E-state index contributed by atoms with van der Waals surface area (Å²) in [5, 5.41) is 12.3. The molecule has 0 radical (unpaired) electrons. The molecule has 0 spiro atoms. The normalized spacial score (nSPS) is 14.1. The Labute approximate surface area is 215 Å². The van der Waals surface area contributed by atoms with E-state index in [1.807, 2.05) is 0 Å². The first-order valence-corrected chi connectivity index (χ1v) is 15.1. The van der Waals surface area contributed by atoms with Gasteiger partial charge in [-0.2, -0.15) is 0 Å². The Morgan fingerprint density at radius 1 is 0.588 bits per heavy atom. The molecule has 0 aliphatic rings. The summed E-state index contributed by atoms with van der Waals surface area (Å²) < 4.78 is 0. The summed E-state index contributed by atoms with van der Waals surface area (Å²) in [6, 6.07) is 0. The van der Waals surface area contributed by atoms with Crippen LogP contribution in [0.15, 0.2) is 0 Å². The molecule has 0 aliphatic carbocycles. The number of carbonyl (C=O) groups is 1. The Morgan fingerprint density at radius 2 is 0.912 bits per heavy atom. The molecule has 0 saturated carbocycles. The number of carboxylic acid groups (broad SMARTS) is 1. The summed E-state index contributed by atoms with van der Waals surface area (Å²) in [6.07, 6.45) is 28.1. The van der Waals surface area contributed by atoms with Crippen LogP contribution < -0.4 is 11.3 Å². The van der Waals surface area contributed by atoms with Crippen molar-refractivity contribution in [2.75, 3.05) is 0 Å². The van der Waals surface area contributed by atoms with Crippen molar-refractivity contribution < 1.29 is 9.90 Å². The van der Waals surface area contributed by atoms with Gasteiger partial charge in [-0.05, 0) is 24.7 Å². The fourth-order valence-electron chi connectivity index (χ4n) is 5.74. The molecule has 4 N–H and O–H groups in total. The maximum Gasteiger partial charge on any atom is 0.0481 e. The van der Waals surface area contributed by atoms with Crippen molar-refractivity contribution in [3.63, 3.8) is 0 Å². The predicted octanol–water partition coefficient (Wildman–Crippen LogP) is 10.0. The van der Waals surface area contributed by atoms with Crippen LogP contribution in [0.2, 0.25) is 0 Å². The van der Waals surface area contributed by atoms with Crippen LogP contribution in [0.1, 0.15) is 176 Å². The van der Waals surface area contributed by atoms with Gasteiger partial charge in [0, 0.05) is 11.4 Å². The van der Waals surface area contributed by atoms with Crippen molar-refractivity contribution in [1.29, 1.82) is 0 Å².